The number of ether oxygens (including phenoxy) is 2. The number of rotatable bonds is 7. The normalized spacial score (nSPS) is 12.0. The highest BCUT2D eigenvalue weighted by atomic mass is 16.5. The molecular weight excluding hydrogens is 310 g/mol. The minimum absolute atomic E-state index is 0.0907. The second-order valence-corrected chi connectivity index (χ2v) is 5.16. The second-order valence-electron chi connectivity index (χ2n) is 5.16. The van der Waals surface area contributed by atoms with Crippen molar-refractivity contribution in [1.82, 2.24) is 4.57 Å². The zero-order chi connectivity index (χ0) is 17.7. The minimum atomic E-state index is -0.706. The summed E-state index contributed by atoms with van der Waals surface area (Å²) in [5, 5.41) is 0.610. The molecule has 0 amide bonds. The van der Waals surface area contributed by atoms with E-state index in [1.807, 2.05) is 6.92 Å². The number of nitrogens with zero attached hydrogens (tertiary/aromatic N) is 1. The number of para-hydroxylation sites is 1. The van der Waals surface area contributed by atoms with Gasteiger partial charge in [-0.05, 0) is 26.3 Å². The molecule has 1 aromatic carbocycles. The van der Waals surface area contributed by atoms with Crippen molar-refractivity contribution < 1.29 is 23.9 Å². The van der Waals surface area contributed by atoms with Crippen LogP contribution < -0.4 is 0 Å². The first-order chi connectivity index (χ1) is 11.6. The Bertz CT molecular complexity index is 762. The average Bonchev–Trinajstić information content (AvgIpc) is 2.91. The molecule has 0 fully saturated rings. The number of hydrogen-bond acceptors (Lipinski definition) is 5. The average molecular weight is 331 g/mol. The number of carbonyl (C=O) groups excluding carboxylic acids is 3. The number of aromatic nitrogens is 1. The summed E-state index contributed by atoms with van der Waals surface area (Å²) >= 11 is 0. The molecule has 128 valence electrons. The molecule has 0 N–H and O–H groups in total. The minimum Gasteiger partial charge on any atom is -0.464 e. The molecule has 0 aliphatic carbocycles. The van der Waals surface area contributed by atoms with Crippen molar-refractivity contribution in [3.8, 4) is 0 Å². The van der Waals surface area contributed by atoms with Crippen molar-refractivity contribution in [2.75, 3.05) is 13.2 Å². The van der Waals surface area contributed by atoms with E-state index in [1.165, 1.54) is 0 Å². The Labute approximate surface area is 140 Å². The van der Waals surface area contributed by atoms with Gasteiger partial charge >= 0.3 is 11.9 Å². The fraction of sp³-hybridized carbons (Fsp3) is 0.389. The van der Waals surface area contributed by atoms with Crippen LogP contribution in [0.2, 0.25) is 0 Å². The first kappa shape index (κ1) is 17.7. The predicted molar refractivity (Wildman–Crippen MR) is 89.2 cm³/mol. The summed E-state index contributed by atoms with van der Waals surface area (Å²) < 4.78 is 11.8. The third-order valence-corrected chi connectivity index (χ3v) is 3.79. The summed E-state index contributed by atoms with van der Waals surface area (Å²) in [4.78, 5) is 36.5. The van der Waals surface area contributed by atoms with E-state index in [9.17, 15) is 14.4 Å². The Morgan fingerprint density at radius 3 is 2.38 bits per heavy atom. The van der Waals surface area contributed by atoms with Gasteiger partial charge in [0.25, 0.3) is 0 Å². The van der Waals surface area contributed by atoms with Gasteiger partial charge in [-0.2, -0.15) is 0 Å². The van der Waals surface area contributed by atoms with Gasteiger partial charge in [-0.15, -0.1) is 0 Å². The maximum atomic E-state index is 12.5. The Kier molecular flexibility index (Phi) is 5.73. The van der Waals surface area contributed by atoms with Crippen LogP contribution in [0.25, 0.3) is 10.9 Å². The van der Waals surface area contributed by atoms with E-state index in [0.717, 1.165) is 0 Å². The highest BCUT2D eigenvalue weighted by Crippen LogP contribution is 2.31. The summed E-state index contributed by atoms with van der Waals surface area (Å²) in [6.45, 7) is 5.65. The molecule has 0 aliphatic heterocycles. The fourth-order valence-electron chi connectivity index (χ4n) is 2.83. The van der Waals surface area contributed by atoms with Crippen LogP contribution in [-0.4, -0.2) is 36.0 Å². The second kappa shape index (κ2) is 7.77. The Morgan fingerprint density at radius 2 is 1.79 bits per heavy atom. The van der Waals surface area contributed by atoms with Crippen molar-refractivity contribution in [2.24, 2.45) is 0 Å². The molecule has 1 heterocycles. The van der Waals surface area contributed by atoms with Gasteiger partial charge in [0.05, 0.1) is 24.3 Å². The lowest BCUT2D eigenvalue weighted by atomic mass is 10.1. The summed E-state index contributed by atoms with van der Waals surface area (Å²) in [6.07, 6.45) is 1.05. The number of benzene rings is 1. The van der Waals surface area contributed by atoms with E-state index in [4.69, 9.17) is 9.47 Å². The van der Waals surface area contributed by atoms with Crippen molar-refractivity contribution in [1.29, 1.82) is 0 Å². The van der Waals surface area contributed by atoms with Crippen LogP contribution in [0.5, 0.6) is 0 Å². The van der Waals surface area contributed by atoms with Crippen LogP contribution >= 0.6 is 0 Å². The van der Waals surface area contributed by atoms with Crippen molar-refractivity contribution >= 4 is 29.1 Å². The van der Waals surface area contributed by atoms with Crippen LogP contribution in [0.15, 0.2) is 24.3 Å². The van der Waals surface area contributed by atoms with Gasteiger partial charge < -0.3 is 14.0 Å². The third kappa shape index (κ3) is 3.04. The number of aldehydes is 1. The van der Waals surface area contributed by atoms with Crippen molar-refractivity contribution in [3.63, 3.8) is 0 Å². The molecule has 0 bridgehead atoms. The van der Waals surface area contributed by atoms with E-state index in [2.05, 4.69) is 0 Å². The van der Waals surface area contributed by atoms with Crippen LogP contribution in [0, 0.1) is 0 Å². The first-order valence-corrected chi connectivity index (χ1v) is 8.02. The lowest BCUT2D eigenvalue weighted by Gasteiger charge is -2.19. The van der Waals surface area contributed by atoms with Gasteiger partial charge in [0, 0.05) is 5.39 Å². The van der Waals surface area contributed by atoms with Crippen LogP contribution in [0.4, 0.5) is 0 Å². The van der Waals surface area contributed by atoms with Gasteiger partial charge in [-0.1, -0.05) is 25.1 Å². The molecule has 0 saturated heterocycles. The molecule has 1 aromatic heterocycles. The molecule has 24 heavy (non-hydrogen) atoms. The van der Waals surface area contributed by atoms with E-state index in [-0.39, 0.29) is 24.5 Å². The SMILES string of the molecule is CCOC(=O)c1c(C=O)c2ccccc2n1[C@H](CC)C(=O)OCC. The Hall–Kier alpha value is -2.63. The van der Waals surface area contributed by atoms with Crippen LogP contribution in [-0.2, 0) is 14.3 Å². The zero-order valence-corrected chi connectivity index (χ0v) is 14.1. The number of carbonyl (C=O) groups is 3. The molecule has 6 nitrogen and oxygen atoms in total. The maximum Gasteiger partial charge on any atom is 0.355 e. The number of esters is 2. The van der Waals surface area contributed by atoms with Crippen molar-refractivity contribution in [2.45, 2.75) is 33.2 Å². The molecule has 2 aromatic rings. The van der Waals surface area contributed by atoms with Gasteiger partial charge in [-0.25, -0.2) is 9.59 Å². The molecule has 0 unspecified atom stereocenters. The first-order valence-electron chi connectivity index (χ1n) is 8.02. The maximum absolute atomic E-state index is 12.5. The lowest BCUT2D eigenvalue weighted by Crippen LogP contribution is -2.25. The summed E-state index contributed by atoms with van der Waals surface area (Å²) in [7, 11) is 0. The molecule has 0 radical (unpaired) electrons. The van der Waals surface area contributed by atoms with Crippen LogP contribution in [0.1, 0.15) is 54.1 Å². The molecule has 6 heteroatoms. The molecule has 1 atom stereocenters. The highest BCUT2D eigenvalue weighted by molar-refractivity contribution is 6.09. The number of hydrogen-bond donors (Lipinski definition) is 0. The van der Waals surface area contributed by atoms with E-state index < -0.39 is 18.0 Å². The van der Waals surface area contributed by atoms with E-state index in [0.29, 0.717) is 23.6 Å². The largest absolute Gasteiger partial charge is 0.464 e. The molecular formula is C18H21NO5. The lowest BCUT2D eigenvalue weighted by molar-refractivity contribution is -0.147. The summed E-state index contributed by atoms with van der Waals surface area (Å²) in [5.41, 5.74) is 0.947. The highest BCUT2D eigenvalue weighted by Gasteiger charge is 2.31. The van der Waals surface area contributed by atoms with Crippen LogP contribution in [0.3, 0.4) is 0 Å². The van der Waals surface area contributed by atoms with Gasteiger partial charge in [0.1, 0.15) is 11.7 Å². The smallest absolute Gasteiger partial charge is 0.355 e. The van der Waals surface area contributed by atoms with Gasteiger partial charge in [-0.3, -0.25) is 4.79 Å². The topological polar surface area (TPSA) is 74.6 Å². The molecule has 2 rings (SSSR count). The Balaban J connectivity index is 2.78. The molecule has 0 aliphatic rings. The monoisotopic (exact) mass is 331 g/mol. The van der Waals surface area contributed by atoms with Crippen molar-refractivity contribution in [3.05, 3.63) is 35.5 Å². The molecule has 0 spiro atoms. The summed E-state index contributed by atoms with van der Waals surface area (Å²) in [6, 6.07) is 6.38. The number of fused-ring (bicyclic) bond motifs is 1. The van der Waals surface area contributed by atoms with Gasteiger partial charge in [0.15, 0.2) is 6.29 Å². The standard InChI is InChI=1S/C18H21NO5/c1-4-14(17(21)23-5-2)19-15-10-8-7-9-12(15)13(11-20)16(19)18(22)24-6-3/h7-11,14H,4-6H2,1-3H3/t14-/m1/s1. The molecule has 0 saturated carbocycles. The van der Waals surface area contributed by atoms with Gasteiger partial charge in [0.2, 0.25) is 0 Å². The summed E-state index contributed by atoms with van der Waals surface area (Å²) in [5.74, 6) is -1.07. The Morgan fingerprint density at radius 1 is 1.12 bits per heavy atom. The van der Waals surface area contributed by atoms with E-state index >= 15 is 0 Å². The fourth-order valence-corrected chi connectivity index (χ4v) is 2.83. The van der Waals surface area contributed by atoms with E-state index in [1.54, 1.807) is 42.7 Å². The third-order valence-electron chi connectivity index (χ3n) is 3.79. The quantitative estimate of drug-likeness (QED) is 0.575. The zero-order valence-electron chi connectivity index (χ0n) is 14.1. The predicted octanol–water partition coefficient (Wildman–Crippen LogP) is 3.14.